The first kappa shape index (κ1) is 27.6. The molecule has 0 aliphatic rings. The molecule has 0 heterocycles. The molecule has 3 heteroatoms. The number of halogens is 1. The molecule has 0 bridgehead atoms. The van der Waals surface area contributed by atoms with Crippen LogP contribution in [-0.4, -0.2) is 12.0 Å². The maximum atomic E-state index is 5.82. The van der Waals surface area contributed by atoms with Crippen LogP contribution in [0.5, 0.6) is 0 Å². The van der Waals surface area contributed by atoms with E-state index in [4.69, 9.17) is 11.6 Å². The molecular weight excluding hydrogens is 298 g/mol. The molecule has 0 amide bonds. The fourth-order valence-electron chi connectivity index (χ4n) is 1.17. The number of unbranched alkanes of at least 4 members (excludes halogenated alkanes) is 5. The molecule has 0 saturated carbocycles. The minimum absolute atomic E-state index is 0. The third-order valence-corrected chi connectivity index (χ3v) is 2.84. The third kappa shape index (κ3) is 36.0. The molecule has 2 unspecified atom stereocenters. The van der Waals surface area contributed by atoms with Crippen molar-refractivity contribution in [1.82, 2.24) is 0 Å². The molecule has 0 nitrogen and oxygen atoms in total. The van der Waals surface area contributed by atoms with Crippen LogP contribution in [0.15, 0.2) is 0 Å². The van der Waals surface area contributed by atoms with Crippen LogP contribution < -0.4 is 0 Å². The van der Waals surface area contributed by atoms with E-state index in [1.807, 2.05) is 6.66 Å². The molecule has 1 radical (unpaired) electrons. The smallest absolute Gasteiger partial charge is 0.343 e. The molecule has 2 atom stereocenters. The second-order valence-corrected chi connectivity index (χ2v) is 4.53. The van der Waals surface area contributed by atoms with E-state index in [1.165, 1.54) is 32.1 Å². The van der Waals surface area contributed by atoms with Gasteiger partial charge in [-0.05, 0) is 12.8 Å². The molecule has 0 N–H and O–H groups in total. The summed E-state index contributed by atoms with van der Waals surface area (Å²) in [7, 11) is 2.42. The molecule has 0 saturated heterocycles. The standard InChI is InChI=1S/C7H14Cl.C7H15.CH5P.V/c1-3-5-6-7(8)4-2;1-3-5-7-6-4-2;1-2;/h7H,1,3-6H2,2H3;1,3-7H2,2H3;2H2,1H3;/q2*-1;;+2. The Morgan fingerprint density at radius 2 is 1.44 bits per heavy atom. The number of alkyl halides is 1. The van der Waals surface area contributed by atoms with Crippen molar-refractivity contribution in [2.24, 2.45) is 0 Å². The predicted octanol–water partition coefficient (Wildman–Crippen LogP) is 6.29. The summed E-state index contributed by atoms with van der Waals surface area (Å²) in [6.07, 6.45) is 10.9. The van der Waals surface area contributed by atoms with Gasteiger partial charge in [-0.15, -0.1) is 20.8 Å². The van der Waals surface area contributed by atoms with Crippen LogP contribution >= 0.6 is 20.8 Å². The zero-order valence-electron chi connectivity index (χ0n) is 12.8. The Hall–Kier alpha value is 1.30. The van der Waals surface area contributed by atoms with E-state index >= 15 is 0 Å². The van der Waals surface area contributed by atoms with Crippen molar-refractivity contribution in [3.05, 3.63) is 13.8 Å². The average molecular weight is 332 g/mol. The largest absolute Gasteiger partial charge is 2.00 e. The summed E-state index contributed by atoms with van der Waals surface area (Å²) in [6.45, 7) is 13.7. The number of hydrogen-bond donors (Lipinski definition) is 0. The summed E-state index contributed by atoms with van der Waals surface area (Å²) in [5, 5.41) is 0.386. The molecule has 0 fully saturated rings. The molecule has 0 aromatic heterocycles. The van der Waals surface area contributed by atoms with Gasteiger partial charge in [0.25, 0.3) is 0 Å². The zero-order valence-corrected chi connectivity index (χ0v) is 16.1. The van der Waals surface area contributed by atoms with Crippen molar-refractivity contribution >= 4 is 20.8 Å². The number of rotatable bonds is 8. The minimum Gasteiger partial charge on any atom is -0.343 e. The molecule has 0 rings (SSSR count). The maximum Gasteiger partial charge on any atom is 2.00 e. The summed E-state index contributed by atoms with van der Waals surface area (Å²) >= 11 is 5.82. The van der Waals surface area contributed by atoms with Gasteiger partial charge in [0.05, 0.1) is 0 Å². The number of hydrogen-bond acceptors (Lipinski definition) is 0. The SMILES string of the molecule is CP.[CH2-]CCCC(Cl)CC.[CH2-]CCCCCC.[V+2]. The van der Waals surface area contributed by atoms with Gasteiger partial charge < -0.3 is 13.8 Å². The van der Waals surface area contributed by atoms with E-state index in [9.17, 15) is 0 Å². The van der Waals surface area contributed by atoms with Gasteiger partial charge in [-0.3, -0.25) is 0 Å². The van der Waals surface area contributed by atoms with Crippen LogP contribution in [0.1, 0.15) is 71.6 Å². The van der Waals surface area contributed by atoms with Gasteiger partial charge in [0.1, 0.15) is 0 Å². The normalized spacial score (nSPS) is 10.2. The van der Waals surface area contributed by atoms with Gasteiger partial charge in [-0.25, -0.2) is 0 Å². The summed E-state index contributed by atoms with van der Waals surface area (Å²) in [5.41, 5.74) is 0. The Balaban J connectivity index is -0.0000000916. The van der Waals surface area contributed by atoms with Crippen LogP contribution in [0.4, 0.5) is 0 Å². The Labute approximate surface area is 137 Å². The topological polar surface area (TPSA) is 0 Å². The first-order valence-electron chi connectivity index (χ1n) is 7.03. The van der Waals surface area contributed by atoms with Crippen molar-refractivity contribution in [3.8, 4) is 0 Å². The molecule has 0 spiro atoms. The molecule has 0 aliphatic carbocycles. The van der Waals surface area contributed by atoms with Crippen molar-refractivity contribution in [1.29, 1.82) is 0 Å². The fourth-order valence-corrected chi connectivity index (χ4v) is 1.33. The summed E-state index contributed by atoms with van der Waals surface area (Å²) in [6, 6.07) is 0. The second kappa shape index (κ2) is 31.0. The average Bonchev–Trinajstić information content (AvgIpc) is 2.39. The Bertz CT molecular complexity index is 98.5. The van der Waals surface area contributed by atoms with Crippen LogP contribution in [0, 0.1) is 13.8 Å². The van der Waals surface area contributed by atoms with Gasteiger partial charge in [-0.2, -0.15) is 12.8 Å². The Morgan fingerprint density at radius 1 is 0.944 bits per heavy atom. The van der Waals surface area contributed by atoms with E-state index in [0.29, 0.717) is 5.38 Å². The van der Waals surface area contributed by atoms with Crippen molar-refractivity contribution in [3.63, 3.8) is 0 Å². The van der Waals surface area contributed by atoms with E-state index in [0.717, 1.165) is 25.7 Å². The first-order chi connectivity index (χ1) is 8.22. The van der Waals surface area contributed by atoms with Gasteiger partial charge >= 0.3 is 18.6 Å². The molecule has 0 aliphatic heterocycles. The molecule has 0 aromatic rings. The molecule has 0 aromatic carbocycles. The van der Waals surface area contributed by atoms with Crippen molar-refractivity contribution < 1.29 is 18.6 Å². The quantitative estimate of drug-likeness (QED) is 0.212. The van der Waals surface area contributed by atoms with Crippen molar-refractivity contribution in [2.75, 3.05) is 6.66 Å². The molecule has 111 valence electrons. The van der Waals surface area contributed by atoms with E-state index in [2.05, 4.69) is 36.9 Å². The van der Waals surface area contributed by atoms with Crippen LogP contribution in [0.3, 0.4) is 0 Å². The van der Waals surface area contributed by atoms with Crippen LogP contribution in [-0.2, 0) is 18.6 Å². The van der Waals surface area contributed by atoms with Crippen molar-refractivity contribution in [2.45, 2.75) is 77.0 Å². The monoisotopic (exact) mass is 331 g/mol. The van der Waals surface area contributed by atoms with E-state index in [1.54, 1.807) is 0 Å². The minimum atomic E-state index is 0. The molecular formula is C15H34ClPV. The summed E-state index contributed by atoms with van der Waals surface area (Å²) < 4.78 is 0. The van der Waals surface area contributed by atoms with Gasteiger partial charge in [0, 0.05) is 5.38 Å². The van der Waals surface area contributed by atoms with E-state index in [-0.39, 0.29) is 18.6 Å². The third-order valence-electron chi connectivity index (χ3n) is 2.31. The van der Waals surface area contributed by atoms with Gasteiger partial charge in [-0.1, -0.05) is 52.6 Å². The Kier molecular flexibility index (Phi) is 47.5. The van der Waals surface area contributed by atoms with E-state index < -0.39 is 0 Å². The first-order valence-corrected chi connectivity index (χ1v) is 8.62. The van der Waals surface area contributed by atoms with Gasteiger partial charge in [0.2, 0.25) is 0 Å². The van der Waals surface area contributed by atoms with Gasteiger partial charge in [0.15, 0.2) is 0 Å². The summed E-state index contributed by atoms with van der Waals surface area (Å²) in [4.78, 5) is 0. The zero-order chi connectivity index (χ0) is 13.9. The summed E-state index contributed by atoms with van der Waals surface area (Å²) in [5.74, 6) is 0. The van der Waals surface area contributed by atoms with Crippen LogP contribution in [0.25, 0.3) is 0 Å². The second-order valence-electron chi connectivity index (χ2n) is 3.92. The fraction of sp³-hybridized carbons (Fsp3) is 0.867. The molecule has 18 heavy (non-hydrogen) atoms. The van der Waals surface area contributed by atoms with Crippen LogP contribution in [0.2, 0.25) is 0 Å². The maximum absolute atomic E-state index is 5.82. The predicted molar refractivity (Wildman–Crippen MR) is 88.9 cm³/mol. The Morgan fingerprint density at radius 3 is 1.78 bits per heavy atom.